The topological polar surface area (TPSA) is 119 Å². The third kappa shape index (κ3) is 4.82. The summed E-state index contributed by atoms with van der Waals surface area (Å²) in [5, 5.41) is 0. The second-order valence-electron chi connectivity index (χ2n) is 7.78. The highest BCUT2D eigenvalue weighted by molar-refractivity contribution is 5.71. The Bertz CT molecular complexity index is 1030. The van der Waals surface area contributed by atoms with E-state index in [1.165, 1.54) is 11.3 Å². The monoisotopic (exact) mass is 419 g/mol. The maximum absolute atomic E-state index is 6.04. The number of anilines is 4. The molecule has 0 radical (unpaired) electrons. The summed E-state index contributed by atoms with van der Waals surface area (Å²) in [7, 11) is 2.17. The van der Waals surface area contributed by atoms with Gasteiger partial charge in [-0.1, -0.05) is 30.3 Å². The Morgan fingerprint density at radius 2 is 1.71 bits per heavy atom. The second kappa shape index (κ2) is 9.11. The molecule has 0 unspecified atom stereocenters. The molecule has 8 nitrogen and oxygen atoms in total. The highest BCUT2D eigenvalue weighted by Crippen LogP contribution is 2.30. The molecule has 1 aliphatic heterocycles. The highest BCUT2D eigenvalue weighted by Gasteiger charge is 2.14. The molecule has 0 bridgehead atoms. The summed E-state index contributed by atoms with van der Waals surface area (Å²) in [5.41, 5.74) is 19.2. The van der Waals surface area contributed by atoms with Crippen LogP contribution in [-0.2, 0) is 6.61 Å². The molecule has 0 amide bonds. The fourth-order valence-electron chi connectivity index (χ4n) is 3.71. The Balaban J connectivity index is 1.46. The van der Waals surface area contributed by atoms with Crippen LogP contribution in [0, 0.1) is 0 Å². The average molecular weight is 420 g/mol. The molecule has 1 fully saturated rings. The minimum atomic E-state index is 0.284. The number of benzene rings is 2. The average Bonchev–Trinajstić information content (AvgIpc) is 2.80. The number of hydrogen-bond donors (Lipinski definition) is 4. The van der Waals surface area contributed by atoms with Gasteiger partial charge in [-0.2, -0.15) is 0 Å². The van der Waals surface area contributed by atoms with Gasteiger partial charge in [0.2, 0.25) is 0 Å². The van der Waals surface area contributed by atoms with Gasteiger partial charge in [-0.05, 0) is 41.9 Å². The van der Waals surface area contributed by atoms with Crippen LogP contribution in [0.15, 0.2) is 54.6 Å². The number of hydrazine groups is 1. The van der Waals surface area contributed by atoms with Gasteiger partial charge in [-0.15, -0.1) is 0 Å². The standard InChI is InChI=1S/C23H29N7O/c1-29-9-11-30(12-10-29)19-7-5-17(6-8-19)18-4-2-3-16(13-18)15-31-20-14-21(24)27-23(28-26)22(20)25/h2-8,13-14H,9-12,15,25-26H2,1H3,(H3,24,27,28). The van der Waals surface area contributed by atoms with Crippen molar-refractivity contribution < 1.29 is 4.74 Å². The van der Waals surface area contributed by atoms with Gasteiger partial charge in [0, 0.05) is 37.9 Å². The van der Waals surface area contributed by atoms with Crippen LogP contribution in [0.25, 0.3) is 11.1 Å². The molecule has 31 heavy (non-hydrogen) atoms. The first-order valence-electron chi connectivity index (χ1n) is 10.3. The van der Waals surface area contributed by atoms with E-state index in [0.29, 0.717) is 23.9 Å². The van der Waals surface area contributed by atoms with Gasteiger partial charge in [-0.25, -0.2) is 10.8 Å². The normalized spacial score (nSPS) is 14.5. The van der Waals surface area contributed by atoms with Crippen molar-refractivity contribution in [2.24, 2.45) is 5.84 Å². The number of hydrogen-bond acceptors (Lipinski definition) is 8. The van der Waals surface area contributed by atoms with Gasteiger partial charge in [0.05, 0.1) is 0 Å². The molecule has 2 heterocycles. The highest BCUT2D eigenvalue weighted by atomic mass is 16.5. The lowest BCUT2D eigenvalue weighted by Gasteiger charge is -2.34. The number of aromatic nitrogens is 1. The van der Waals surface area contributed by atoms with E-state index in [2.05, 4.69) is 63.7 Å². The molecule has 2 aromatic carbocycles. The predicted molar refractivity (Wildman–Crippen MR) is 127 cm³/mol. The lowest BCUT2D eigenvalue weighted by atomic mass is 10.0. The quantitative estimate of drug-likeness (QED) is 0.356. The molecule has 0 spiro atoms. The van der Waals surface area contributed by atoms with E-state index in [0.717, 1.165) is 37.3 Å². The van der Waals surface area contributed by atoms with Crippen molar-refractivity contribution in [2.75, 3.05) is 55.0 Å². The van der Waals surface area contributed by atoms with Gasteiger partial charge in [-0.3, -0.25) is 0 Å². The lowest BCUT2D eigenvalue weighted by molar-refractivity contribution is 0.308. The van der Waals surface area contributed by atoms with E-state index in [1.807, 2.05) is 12.1 Å². The molecule has 7 N–H and O–H groups in total. The Hall–Kier alpha value is -3.49. The zero-order chi connectivity index (χ0) is 21.8. The van der Waals surface area contributed by atoms with E-state index in [9.17, 15) is 0 Å². The fourth-order valence-corrected chi connectivity index (χ4v) is 3.71. The number of likely N-dealkylation sites (N-methyl/N-ethyl adjacent to an activating group) is 1. The summed E-state index contributed by atoms with van der Waals surface area (Å²) in [5.74, 6) is 6.46. The number of nitrogens with one attached hydrogen (secondary N) is 1. The Labute approximate surface area is 182 Å². The molecule has 162 valence electrons. The number of pyridine rings is 1. The van der Waals surface area contributed by atoms with E-state index in [4.69, 9.17) is 22.0 Å². The number of piperazine rings is 1. The van der Waals surface area contributed by atoms with Gasteiger partial charge >= 0.3 is 0 Å². The first kappa shape index (κ1) is 20.8. The number of ether oxygens (including phenoxy) is 1. The third-order valence-corrected chi connectivity index (χ3v) is 5.57. The molecule has 4 rings (SSSR count). The first-order chi connectivity index (χ1) is 15.0. The van der Waals surface area contributed by atoms with Crippen LogP contribution in [-0.4, -0.2) is 43.1 Å². The van der Waals surface area contributed by atoms with Crippen molar-refractivity contribution in [1.29, 1.82) is 0 Å². The van der Waals surface area contributed by atoms with Crippen LogP contribution in [0.5, 0.6) is 5.75 Å². The number of rotatable bonds is 6. The molecule has 1 saturated heterocycles. The van der Waals surface area contributed by atoms with Crippen molar-refractivity contribution >= 4 is 23.0 Å². The first-order valence-corrected chi connectivity index (χ1v) is 10.3. The van der Waals surface area contributed by atoms with E-state index >= 15 is 0 Å². The molecule has 0 saturated carbocycles. The molecule has 1 aromatic heterocycles. The fraction of sp³-hybridized carbons (Fsp3) is 0.261. The zero-order valence-electron chi connectivity index (χ0n) is 17.7. The summed E-state index contributed by atoms with van der Waals surface area (Å²) in [6, 6.07) is 18.6. The van der Waals surface area contributed by atoms with Crippen LogP contribution >= 0.6 is 0 Å². The van der Waals surface area contributed by atoms with Gasteiger partial charge in [0.15, 0.2) is 5.82 Å². The van der Waals surface area contributed by atoms with Crippen LogP contribution < -0.4 is 32.4 Å². The van der Waals surface area contributed by atoms with Crippen LogP contribution in [0.3, 0.4) is 0 Å². The summed E-state index contributed by atoms with van der Waals surface area (Å²) >= 11 is 0. The molecular formula is C23H29N7O. The third-order valence-electron chi connectivity index (χ3n) is 5.57. The maximum atomic E-state index is 6.04. The molecule has 8 heteroatoms. The van der Waals surface area contributed by atoms with Gasteiger partial charge in [0.25, 0.3) is 0 Å². The van der Waals surface area contributed by atoms with Crippen molar-refractivity contribution in [3.8, 4) is 16.9 Å². The van der Waals surface area contributed by atoms with E-state index < -0.39 is 0 Å². The summed E-state index contributed by atoms with van der Waals surface area (Å²) in [6.45, 7) is 4.67. The molecular weight excluding hydrogens is 390 g/mol. The van der Waals surface area contributed by atoms with Crippen LogP contribution in [0.2, 0.25) is 0 Å². The zero-order valence-corrected chi connectivity index (χ0v) is 17.7. The number of nitrogens with two attached hydrogens (primary N) is 3. The van der Waals surface area contributed by atoms with E-state index in [-0.39, 0.29) is 5.82 Å². The molecule has 3 aromatic rings. The van der Waals surface area contributed by atoms with Crippen molar-refractivity contribution in [3.05, 3.63) is 60.2 Å². The molecule has 0 aliphatic carbocycles. The smallest absolute Gasteiger partial charge is 0.169 e. The minimum absolute atomic E-state index is 0.284. The van der Waals surface area contributed by atoms with E-state index in [1.54, 1.807) is 6.07 Å². The second-order valence-corrected chi connectivity index (χ2v) is 7.78. The van der Waals surface area contributed by atoms with Crippen molar-refractivity contribution in [3.63, 3.8) is 0 Å². The summed E-state index contributed by atoms with van der Waals surface area (Å²) in [4.78, 5) is 8.83. The minimum Gasteiger partial charge on any atom is -0.486 e. The Morgan fingerprint density at radius 3 is 2.42 bits per heavy atom. The van der Waals surface area contributed by atoms with Gasteiger partial charge in [0.1, 0.15) is 23.9 Å². The number of nitrogen functional groups attached to an aromatic ring is 3. The summed E-state index contributed by atoms with van der Waals surface area (Å²) < 4.78 is 5.89. The molecule has 0 atom stereocenters. The maximum Gasteiger partial charge on any atom is 0.169 e. The van der Waals surface area contributed by atoms with Crippen molar-refractivity contribution in [2.45, 2.75) is 6.61 Å². The summed E-state index contributed by atoms with van der Waals surface area (Å²) in [6.07, 6.45) is 0. The van der Waals surface area contributed by atoms with Crippen LogP contribution in [0.1, 0.15) is 5.56 Å². The van der Waals surface area contributed by atoms with Crippen molar-refractivity contribution in [1.82, 2.24) is 9.88 Å². The largest absolute Gasteiger partial charge is 0.486 e. The SMILES string of the molecule is CN1CCN(c2ccc(-c3cccc(COc4cc(N)nc(NN)c4N)c3)cc2)CC1. The lowest BCUT2D eigenvalue weighted by Crippen LogP contribution is -2.44. The Kier molecular flexibility index (Phi) is 6.11. The molecule has 1 aliphatic rings. The predicted octanol–water partition coefficient (Wildman–Crippen LogP) is 2.53. The van der Waals surface area contributed by atoms with Gasteiger partial charge < -0.3 is 31.4 Å². The van der Waals surface area contributed by atoms with Crippen LogP contribution in [0.4, 0.5) is 23.0 Å². The Morgan fingerprint density at radius 1 is 0.968 bits per heavy atom. The number of nitrogens with zero attached hydrogens (tertiary/aromatic N) is 3.